The lowest BCUT2D eigenvalue weighted by molar-refractivity contribution is -0.112. The minimum absolute atomic E-state index is 0. The van der Waals surface area contributed by atoms with Crippen LogP contribution in [0.2, 0.25) is 10.0 Å². The van der Waals surface area contributed by atoms with Crippen LogP contribution >= 0.6 is 50.7 Å². The van der Waals surface area contributed by atoms with E-state index < -0.39 is 16.9 Å². The molecule has 4 aromatic heterocycles. The number of amides is 3. The number of nitrogens with two attached hydrogens (primary N) is 1. The van der Waals surface area contributed by atoms with E-state index in [0.29, 0.717) is 103 Å². The third kappa shape index (κ3) is 16.2. The van der Waals surface area contributed by atoms with E-state index in [9.17, 15) is 28.0 Å². The lowest BCUT2D eigenvalue weighted by Crippen LogP contribution is -2.42. The summed E-state index contributed by atoms with van der Waals surface area (Å²) in [5.74, 6) is -1.40. The number of carbonyl (C=O) groups excluding carboxylic acids is 4. The molecule has 2 fully saturated rings. The molecule has 0 radical (unpaired) electrons. The van der Waals surface area contributed by atoms with Crippen LogP contribution in [-0.4, -0.2) is 132 Å². The number of carbonyl (C=O) groups is 4. The Morgan fingerprint density at radius 1 is 0.707 bits per heavy atom. The Morgan fingerprint density at radius 3 is 1.62 bits per heavy atom. The number of alkyl halides is 1. The van der Waals surface area contributed by atoms with Crippen molar-refractivity contribution in [2.24, 2.45) is 0 Å². The monoisotopic (exact) mass is 1240 g/mol. The molecule has 8 aromatic rings. The number of fused-ring (bicyclic) bond motifs is 2. The average Bonchev–Trinajstić information content (AvgIpc) is 4.30. The molecule has 2 aliphatic heterocycles. The number of anilines is 4. The predicted molar refractivity (Wildman–Crippen MR) is 328 cm³/mol. The molecule has 2 aliphatic rings. The van der Waals surface area contributed by atoms with Crippen LogP contribution in [0.15, 0.2) is 134 Å². The Kier molecular flexibility index (Phi) is 22.1. The van der Waals surface area contributed by atoms with E-state index in [4.69, 9.17) is 40.5 Å². The summed E-state index contributed by atoms with van der Waals surface area (Å²) in [5, 5.41) is 12.6. The van der Waals surface area contributed by atoms with Gasteiger partial charge in [0.05, 0.1) is 45.0 Å². The maximum Gasteiger partial charge on any atom is 0.256 e. The van der Waals surface area contributed by atoms with Gasteiger partial charge in [-0.2, -0.15) is 0 Å². The predicted octanol–water partition coefficient (Wildman–Crippen LogP) is 12.2. The van der Waals surface area contributed by atoms with E-state index in [1.165, 1.54) is 48.6 Å². The topological polar surface area (TPSA) is 223 Å². The van der Waals surface area contributed by atoms with Crippen LogP contribution in [0.1, 0.15) is 53.8 Å². The number of allylic oxidation sites excluding steroid dienone is 2. The summed E-state index contributed by atoms with van der Waals surface area (Å²) in [5.41, 5.74) is 11.3. The summed E-state index contributed by atoms with van der Waals surface area (Å²) >= 11 is 20.9. The largest absolute Gasteiger partial charge is 0.399 e. The smallest absolute Gasteiger partial charge is 0.256 e. The number of hydrogen-bond acceptors (Lipinski definition) is 12. The molecule has 7 N–H and O–H groups in total. The number of aromatic amines is 2. The molecule has 23 heteroatoms. The summed E-state index contributed by atoms with van der Waals surface area (Å²) in [7, 11) is 3.78. The van der Waals surface area contributed by atoms with Crippen molar-refractivity contribution in [3.63, 3.8) is 0 Å². The summed E-state index contributed by atoms with van der Waals surface area (Å²) in [6.07, 6.45) is 15.7. The second-order valence-corrected chi connectivity index (χ2v) is 21.0. The highest BCUT2D eigenvalue weighted by atomic mass is 79.9. The van der Waals surface area contributed by atoms with Gasteiger partial charge in [0.25, 0.3) is 11.8 Å². The van der Waals surface area contributed by atoms with Gasteiger partial charge in [0.15, 0.2) is 0 Å². The molecule has 0 bridgehead atoms. The molecule has 0 saturated carbocycles. The number of rotatable bonds is 14. The summed E-state index contributed by atoms with van der Waals surface area (Å²) in [4.78, 5) is 77.4. The Hall–Kier alpha value is -7.75. The molecule has 0 unspecified atom stereocenters. The number of nitrogens with one attached hydrogen (secondary N) is 5. The van der Waals surface area contributed by atoms with Crippen LogP contribution in [0.25, 0.3) is 44.3 Å². The van der Waals surface area contributed by atoms with E-state index in [2.05, 4.69) is 61.8 Å². The lowest BCUT2D eigenvalue weighted by atomic mass is 10.0. The summed E-state index contributed by atoms with van der Waals surface area (Å²) in [6.45, 7) is 2.52. The Labute approximate surface area is 496 Å². The zero-order chi connectivity index (χ0) is 57.6. The van der Waals surface area contributed by atoms with Crippen LogP contribution < -0.4 is 21.7 Å². The molecule has 428 valence electrons. The van der Waals surface area contributed by atoms with Crippen molar-refractivity contribution in [2.45, 2.75) is 45.2 Å². The Bertz CT molecular complexity index is 3600. The zero-order valence-corrected chi connectivity index (χ0v) is 47.9. The number of para-hydroxylation sites is 2. The van der Waals surface area contributed by atoms with Crippen LogP contribution in [0.5, 0.6) is 0 Å². The van der Waals surface area contributed by atoms with Crippen molar-refractivity contribution in [2.75, 3.05) is 73.8 Å². The molecule has 17 nitrogen and oxygen atoms in total. The van der Waals surface area contributed by atoms with Gasteiger partial charge >= 0.3 is 0 Å². The van der Waals surface area contributed by atoms with Crippen LogP contribution in [0.4, 0.5) is 32.1 Å². The number of nitrogen functional groups attached to an aromatic ring is 1. The van der Waals surface area contributed by atoms with Gasteiger partial charge in [-0.15, -0.1) is 0 Å². The highest BCUT2D eigenvalue weighted by molar-refractivity contribution is 9.09. The van der Waals surface area contributed by atoms with E-state index in [-0.39, 0.29) is 54.0 Å². The Morgan fingerprint density at radius 2 is 1.18 bits per heavy atom. The first-order valence-electron chi connectivity index (χ1n) is 25.7. The highest BCUT2D eigenvalue weighted by Crippen LogP contribution is 2.34. The fourth-order valence-electron chi connectivity index (χ4n) is 9.11. The molecular weight excluding hydrogens is 1180 g/mol. The fraction of sp³-hybridized carbons (Fsp3) is 0.254. The third-order valence-electron chi connectivity index (χ3n) is 13.2. The second kappa shape index (κ2) is 29.3. The first-order chi connectivity index (χ1) is 39.0. The molecule has 2 saturated heterocycles. The molecular formula is C59H61BrCl3F2N13O4. The molecule has 10 rings (SSSR count). The number of H-pyrrole nitrogens is 2. The van der Waals surface area contributed by atoms with Crippen molar-refractivity contribution in [3.05, 3.63) is 167 Å². The van der Waals surface area contributed by atoms with Crippen molar-refractivity contribution in [1.82, 2.24) is 44.6 Å². The maximum atomic E-state index is 14.8. The van der Waals surface area contributed by atoms with Crippen molar-refractivity contribution < 1.29 is 28.0 Å². The SMILES string of the molecule is C.CN(C)C/C=C/C(=O)Nc1ccc(C(=O)N2CCC(Nc3ncc(Cl)c(-c4c[nH]c5ccccc45)n3)CC2)c(F)c1.Nc1ccc(C(=O)N2CCC(Nc3ncc(Cl)c(-c4c[nH]c5ccccc45)n3)CC2)c(F)c1.O=C(Cl)/C=C/CBr. The fourth-order valence-corrected chi connectivity index (χ4v) is 9.77. The number of likely N-dealkylation sites (tertiary alicyclic amines) is 2. The van der Waals surface area contributed by atoms with E-state index in [1.807, 2.05) is 79.9 Å². The lowest BCUT2D eigenvalue weighted by Gasteiger charge is -2.32. The molecule has 0 aliphatic carbocycles. The van der Waals surface area contributed by atoms with Crippen molar-refractivity contribution >= 4 is 119 Å². The molecule has 3 amide bonds. The third-order valence-corrected chi connectivity index (χ3v) is 14.2. The number of piperidine rings is 2. The molecule has 0 spiro atoms. The van der Waals surface area contributed by atoms with Gasteiger partial charge in [0.2, 0.25) is 23.0 Å². The maximum absolute atomic E-state index is 14.8. The van der Waals surface area contributed by atoms with Crippen LogP contribution in [-0.2, 0) is 9.59 Å². The van der Waals surface area contributed by atoms with Crippen LogP contribution in [0, 0.1) is 11.6 Å². The van der Waals surface area contributed by atoms with Gasteiger partial charge in [0.1, 0.15) is 11.6 Å². The van der Waals surface area contributed by atoms with E-state index in [1.54, 1.807) is 34.3 Å². The van der Waals surface area contributed by atoms with Gasteiger partial charge in [-0.1, -0.05) is 95.1 Å². The number of likely N-dealkylation sites (N-methyl/N-ethyl adjacent to an activating group) is 1. The quantitative estimate of drug-likeness (QED) is 0.0259. The van der Waals surface area contributed by atoms with Gasteiger partial charge in [-0.05, 0) is 106 Å². The van der Waals surface area contributed by atoms with Crippen molar-refractivity contribution in [1.29, 1.82) is 0 Å². The zero-order valence-electron chi connectivity index (χ0n) is 44.0. The minimum Gasteiger partial charge on any atom is -0.399 e. The van der Waals surface area contributed by atoms with E-state index in [0.717, 1.165) is 32.9 Å². The number of nitrogens with zero attached hydrogens (tertiary/aromatic N) is 7. The number of aromatic nitrogens is 6. The number of hydrogen-bond donors (Lipinski definition) is 6. The molecule has 0 atom stereocenters. The first-order valence-corrected chi connectivity index (χ1v) is 28.0. The number of benzene rings is 4. The van der Waals surface area contributed by atoms with E-state index >= 15 is 0 Å². The normalized spacial score (nSPS) is 13.8. The molecule has 82 heavy (non-hydrogen) atoms. The second-order valence-electron chi connectivity index (χ2n) is 19.1. The molecule has 4 aromatic carbocycles. The highest BCUT2D eigenvalue weighted by Gasteiger charge is 2.28. The van der Waals surface area contributed by atoms with Gasteiger partial charge in [-0.25, -0.2) is 28.7 Å². The van der Waals surface area contributed by atoms with Crippen molar-refractivity contribution in [3.8, 4) is 22.5 Å². The standard InChI is InChI=1S/C30H31ClFN7O2.C24H22ClFN6O.C4H4BrClO.CH4/c1-38(2)13-5-8-27(40)35-20-9-10-22(25(32)16-20)29(41)39-14-11-19(12-15-39)36-30-34-18-24(31)28(37-30)23-17-33-26-7-4-3-6-21(23)26;25-19-13-29-24(31-22(19)18-12-28-21-4-2-1-3-16(18)21)30-15-7-9-32(10-8-15)23(33)17-6-5-14(27)11-20(17)26;5-3-1-2-4(6)7;/h3-10,16-19,33H,11-15H2,1-2H3,(H,35,40)(H,34,36,37);1-6,11-13,15,28H,7-10,27H2,(H,29,30,31);1-2H,3H2;1H4/b8-5+;;2-1+;. The Balaban J connectivity index is 0.000000213. The number of halogens is 6. The molecule has 6 heterocycles. The van der Waals surface area contributed by atoms with Gasteiger partial charge in [0, 0.05) is 113 Å². The first kappa shape index (κ1) is 61.9. The van der Waals surface area contributed by atoms with Gasteiger partial charge < -0.3 is 46.4 Å². The minimum atomic E-state index is -0.676. The average molecular weight is 1240 g/mol. The van der Waals surface area contributed by atoms with Crippen LogP contribution in [0.3, 0.4) is 0 Å². The summed E-state index contributed by atoms with van der Waals surface area (Å²) < 4.78 is 29.0. The van der Waals surface area contributed by atoms with Gasteiger partial charge in [-0.3, -0.25) is 19.2 Å². The summed E-state index contributed by atoms with van der Waals surface area (Å²) in [6, 6.07) is 24.3.